The fourth-order valence-corrected chi connectivity index (χ4v) is 1.60. The Hall–Kier alpha value is -1.70. The lowest BCUT2D eigenvalue weighted by atomic mass is 10.0. The van der Waals surface area contributed by atoms with Crippen LogP contribution in [0.25, 0.3) is 11.1 Å². The van der Waals surface area contributed by atoms with Gasteiger partial charge in [-0.2, -0.15) is 0 Å². The molecule has 0 fully saturated rings. The third kappa shape index (κ3) is 2.40. The Morgan fingerprint density at radius 2 is 1.60 bits per heavy atom. The number of hydrogen-bond acceptors (Lipinski definition) is 2. The summed E-state index contributed by atoms with van der Waals surface area (Å²) in [7, 11) is 0. The topological polar surface area (TPSA) is 25.8 Å². The lowest BCUT2D eigenvalue weighted by Gasteiger charge is -2.02. The zero-order valence-electron chi connectivity index (χ0n) is 8.85. The minimum atomic E-state index is 1.07. The molecule has 2 rings (SSSR count). The van der Waals surface area contributed by atoms with E-state index in [-0.39, 0.29) is 0 Å². The predicted molar refractivity (Wildman–Crippen MR) is 61.5 cm³/mol. The van der Waals surface area contributed by atoms with E-state index in [0.717, 1.165) is 12.0 Å². The van der Waals surface area contributed by atoms with E-state index in [1.54, 1.807) is 6.33 Å². The molecular formula is C13H14N2. The number of benzene rings is 1. The van der Waals surface area contributed by atoms with Gasteiger partial charge in [0.15, 0.2) is 0 Å². The van der Waals surface area contributed by atoms with Gasteiger partial charge in [0.2, 0.25) is 0 Å². The van der Waals surface area contributed by atoms with Gasteiger partial charge in [0.25, 0.3) is 0 Å². The summed E-state index contributed by atoms with van der Waals surface area (Å²) in [5.74, 6) is 0. The third-order valence-electron chi connectivity index (χ3n) is 2.39. The fourth-order valence-electron chi connectivity index (χ4n) is 1.60. The Balaban J connectivity index is 2.24. The Labute approximate surface area is 90.0 Å². The fraction of sp³-hybridized carbons (Fsp3) is 0.231. The number of nitrogens with zero attached hydrogens (tertiary/aromatic N) is 2. The van der Waals surface area contributed by atoms with Crippen molar-refractivity contribution in [2.24, 2.45) is 0 Å². The monoisotopic (exact) mass is 198 g/mol. The second kappa shape index (κ2) is 4.69. The molecule has 0 radical (unpaired) electrons. The Kier molecular flexibility index (Phi) is 3.08. The van der Waals surface area contributed by atoms with Crippen LogP contribution in [-0.4, -0.2) is 9.97 Å². The van der Waals surface area contributed by atoms with Crippen LogP contribution >= 0.6 is 0 Å². The molecule has 0 saturated heterocycles. The maximum atomic E-state index is 4.01. The molecule has 0 aliphatic heterocycles. The van der Waals surface area contributed by atoms with Crippen molar-refractivity contribution in [3.63, 3.8) is 0 Å². The van der Waals surface area contributed by atoms with Crippen molar-refractivity contribution in [1.29, 1.82) is 0 Å². The minimum absolute atomic E-state index is 1.07. The molecule has 1 aromatic heterocycles. The van der Waals surface area contributed by atoms with Crippen molar-refractivity contribution in [2.45, 2.75) is 19.8 Å². The predicted octanol–water partition coefficient (Wildman–Crippen LogP) is 3.10. The van der Waals surface area contributed by atoms with E-state index in [0.29, 0.717) is 0 Å². The van der Waals surface area contributed by atoms with Crippen molar-refractivity contribution in [3.8, 4) is 11.1 Å². The van der Waals surface area contributed by atoms with Gasteiger partial charge in [-0.05, 0) is 17.5 Å². The highest BCUT2D eigenvalue weighted by Gasteiger charge is 1.97. The molecule has 1 heterocycles. The van der Waals surface area contributed by atoms with E-state index >= 15 is 0 Å². The Morgan fingerprint density at radius 3 is 2.20 bits per heavy atom. The van der Waals surface area contributed by atoms with Crippen molar-refractivity contribution in [3.05, 3.63) is 48.5 Å². The first-order valence-corrected chi connectivity index (χ1v) is 5.24. The summed E-state index contributed by atoms with van der Waals surface area (Å²) >= 11 is 0. The lowest BCUT2D eigenvalue weighted by molar-refractivity contribution is 0.922. The summed E-state index contributed by atoms with van der Waals surface area (Å²) in [6.45, 7) is 2.19. The molecule has 76 valence electrons. The van der Waals surface area contributed by atoms with E-state index in [1.807, 2.05) is 12.4 Å². The molecule has 2 heteroatoms. The molecule has 0 aliphatic carbocycles. The molecular weight excluding hydrogens is 184 g/mol. The van der Waals surface area contributed by atoms with E-state index in [2.05, 4.69) is 41.2 Å². The molecule has 2 aromatic rings. The van der Waals surface area contributed by atoms with Crippen LogP contribution in [-0.2, 0) is 6.42 Å². The van der Waals surface area contributed by atoms with Crippen LogP contribution in [0, 0.1) is 0 Å². The zero-order valence-corrected chi connectivity index (χ0v) is 8.85. The largest absolute Gasteiger partial charge is 0.244 e. The summed E-state index contributed by atoms with van der Waals surface area (Å²) in [6.07, 6.45) is 7.55. The van der Waals surface area contributed by atoms with Gasteiger partial charge in [0.05, 0.1) is 0 Å². The van der Waals surface area contributed by atoms with Crippen LogP contribution in [0.15, 0.2) is 43.0 Å². The first-order valence-electron chi connectivity index (χ1n) is 5.24. The third-order valence-corrected chi connectivity index (χ3v) is 2.39. The van der Waals surface area contributed by atoms with Gasteiger partial charge >= 0.3 is 0 Å². The van der Waals surface area contributed by atoms with Crippen molar-refractivity contribution in [1.82, 2.24) is 9.97 Å². The molecule has 0 unspecified atom stereocenters. The summed E-state index contributed by atoms with van der Waals surface area (Å²) < 4.78 is 0. The molecule has 0 amide bonds. The molecule has 0 aliphatic rings. The van der Waals surface area contributed by atoms with Crippen LogP contribution in [0.1, 0.15) is 18.9 Å². The average molecular weight is 198 g/mol. The summed E-state index contributed by atoms with van der Waals surface area (Å²) in [5, 5.41) is 0. The maximum absolute atomic E-state index is 4.01. The molecule has 0 bridgehead atoms. The normalized spacial score (nSPS) is 10.2. The molecule has 2 nitrogen and oxygen atoms in total. The van der Waals surface area contributed by atoms with Crippen molar-refractivity contribution < 1.29 is 0 Å². The molecule has 1 aromatic carbocycles. The van der Waals surface area contributed by atoms with Gasteiger partial charge in [-0.15, -0.1) is 0 Å². The average Bonchev–Trinajstić information content (AvgIpc) is 2.32. The maximum Gasteiger partial charge on any atom is 0.115 e. The van der Waals surface area contributed by atoms with Crippen LogP contribution in [0.4, 0.5) is 0 Å². The zero-order chi connectivity index (χ0) is 10.5. The highest BCUT2D eigenvalue weighted by molar-refractivity contribution is 5.61. The van der Waals surface area contributed by atoms with Crippen LogP contribution < -0.4 is 0 Å². The number of rotatable bonds is 3. The summed E-state index contributed by atoms with van der Waals surface area (Å²) in [6, 6.07) is 8.60. The Bertz CT molecular complexity index is 406. The van der Waals surface area contributed by atoms with Crippen LogP contribution in [0.2, 0.25) is 0 Å². The van der Waals surface area contributed by atoms with E-state index in [4.69, 9.17) is 0 Å². The first-order chi connectivity index (χ1) is 7.40. The second-order valence-corrected chi connectivity index (χ2v) is 3.57. The van der Waals surface area contributed by atoms with E-state index < -0.39 is 0 Å². The summed E-state index contributed by atoms with van der Waals surface area (Å²) in [4.78, 5) is 8.02. The second-order valence-electron chi connectivity index (χ2n) is 3.57. The molecule has 15 heavy (non-hydrogen) atoms. The van der Waals surface area contributed by atoms with Gasteiger partial charge in [0.1, 0.15) is 6.33 Å². The summed E-state index contributed by atoms with van der Waals surface area (Å²) in [5.41, 5.74) is 3.63. The quantitative estimate of drug-likeness (QED) is 0.757. The number of aromatic nitrogens is 2. The number of aryl methyl sites for hydroxylation is 1. The molecule has 0 saturated carbocycles. The van der Waals surface area contributed by atoms with Crippen LogP contribution in [0.5, 0.6) is 0 Å². The van der Waals surface area contributed by atoms with E-state index in [1.165, 1.54) is 17.5 Å². The standard InChI is InChI=1S/C13H14N2/c1-2-3-11-4-6-12(7-5-11)13-8-14-10-15-9-13/h4-10H,2-3H2,1H3. The molecule has 0 N–H and O–H groups in total. The minimum Gasteiger partial charge on any atom is -0.244 e. The Morgan fingerprint density at radius 1 is 0.933 bits per heavy atom. The smallest absolute Gasteiger partial charge is 0.115 e. The van der Waals surface area contributed by atoms with Gasteiger partial charge in [-0.1, -0.05) is 37.6 Å². The van der Waals surface area contributed by atoms with Crippen LogP contribution in [0.3, 0.4) is 0 Å². The SMILES string of the molecule is CCCc1ccc(-c2cncnc2)cc1. The molecule has 0 spiro atoms. The highest BCUT2D eigenvalue weighted by atomic mass is 14.8. The first kappa shape index (κ1) is 9.84. The van der Waals surface area contributed by atoms with E-state index in [9.17, 15) is 0 Å². The number of hydrogen-bond donors (Lipinski definition) is 0. The lowest BCUT2D eigenvalue weighted by Crippen LogP contribution is -1.85. The highest BCUT2D eigenvalue weighted by Crippen LogP contribution is 2.17. The van der Waals surface area contributed by atoms with Gasteiger partial charge in [-0.25, -0.2) is 9.97 Å². The molecule has 0 atom stereocenters. The van der Waals surface area contributed by atoms with Crippen molar-refractivity contribution in [2.75, 3.05) is 0 Å². The van der Waals surface area contributed by atoms with Crippen molar-refractivity contribution >= 4 is 0 Å². The van der Waals surface area contributed by atoms with Gasteiger partial charge < -0.3 is 0 Å². The van der Waals surface area contributed by atoms with Gasteiger partial charge in [0, 0.05) is 18.0 Å². The van der Waals surface area contributed by atoms with Gasteiger partial charge in [-0.3, -0.25) is 0 Å².